The number of nitrogens with one attached hydrogen (secondary N) is 1. The first-order valence-electron chi connectivity index (χ1n) is 7.02. The van der Waals surface area contributed by atoms with Crippen molar-refractivity contribution in [2.24, 2.45) is 0 Å². The van der Waals surface area contributed by atoms with Crippen LogP contribution in [0.5, 0.6) is 5.75 Å². The quantitative estimate of drug-likeness (QED) is 0.845. The molecule has 5 heteroatoms. The van der Waals surface area contributed by atoms with Crippen LogP contribution in [0.4, 0.5) is 0 Å². The largest absolute Gasteiger partial charge is 0.484 e. The van der Waals surface area contributed by atoms with Crippen molar-refractivity contribution in [1.82, 2.24) is 5.32 Å². The van der Waals surface area contributed by atoms with E-state index >= 15 is 0 Å². The number of rotatable bonds is 4. The number of carbonyl (C=O) groups excluding carboxylic acids is 1. The second-order valence-electron chi connectivity index (χ2n) is 5.15. The molecule has 3 nitrogen and oxygen atoms in total. The maximum absolute atomic E-state index is 11.9. The van der Waals surface area contributed by atoms with Gasteiger partial charge in [-0.25, -0.2) is 0 Å². The molecule has 1 N–H and O–H groups in total. The highest BCUT2D eigenvalue weighted by atomic mass is 35.5. The third-order valence-corrected chi connectivity index (χ3v) is 3.86. The standard InChI is InChI=1S/C15H19Cl2NO2/c16-11-7-12(17)9-14(8-11)20-10-15(19)18-13-5-3-1-2-4-6-13/h7-9,13H,1-6,10H2,(H,18,19). The molecule has 1 saturated carbocycles. The molecule has 0 unspecified atom stereocenters. The Morgan fingerprint density at radius 1 is 1.10 bits per heavy atom. The number of hydrogen-bond donors (Lipinski definition) is 1. The molecule has 1 aliphatic carbocycles. The highest BCUT2D eigenvalue weighted by Crippen LogP contribution is 2.24. The predicted molar refractivity (Wildman–Crippen MR) is 81.6 cm³/mol. The molecule has 2 rings (SSSR count). The normalized spacial score (nSPS) is 16.5. The van der Waals surface area contributed by atoms with Crippen LogP contribution < -0.4 is 10.1 Å². The van der Waals surface area contributed by atoms with E-state index in [1.807, 2.05) is 0 Å². The fourth-order valence-electron chi connectivity index (χ4n) is 2.45. The molecule has 0 bridgehead atoms. The Bertz CT molecular complexity index is 437. The Kier molecular flexibility index (Phi) is 5.99. The summed E-state index contributed by atoms with van der Waals surface area (Å²) in [7, 11) is 0. The van der Waals surface area contributed by atoms with Crippen molar-refractivity contribution in [2.45, 2.75) is 44.6 Å². The number of amides is 1. The molecule has 110 valence electrons. The Morgan fingerprint density at radius 2 is 1.70 bits per heavy atom. The molecule has 1 aromatic rings. The molecule has 1 aromatic carbocycles. The number of hydrogen-bond acceptors (Lipinski definition) is 2. The van der Waals surface area contributed by atoms with Gasteiger partial charge in [-0.3, -0.25) is 4.79 Å². The van der Waals surface area contributed by atoms with Crippen LogP contribution in [-0.2, 0) is 4.79 Å². The van der Waals surface area contributed by atoms with E-state index in [-0.39, 0.29) is 18.6 Å². The number of ether oxygens (including phenoxy) is 1. The second-order valence-corrected chi connectivity index (χ2v) is 6.02. The zero-order valence-electron chi connectivity index (χ0n) is 11.3. The molecule has 0 saturated heterocycles. The molecule has 20 heavy (non-hydrogen) atoms. The van der Waals surface area contributed by atoms with Crippen molar-refractivity contribution < 1.29 is 9.53 Å². The van der Waals surface area contributed by atoms with Crippen molar-refractivity contribution in [1.29, 1.82) is 0 Å². The smallest absolute Gasteiger partial charge is 0.258 e. The van der Waals surface area contributed by atoms with Gasteiger partial charge in [0.2, 0.25) is 0 Å². The van der Waals surface area contributed by atoms with E-state index in [0.29, 0.717) is 15.8 Å². The van der Waals surface area contributed by atoms with Crippen LogP contribution in [0, 0.1) is 0 Å². The fourth-order valence-corrected chi connectivity index (χ4v) is 2.96. The average Bonchev–Trinajstić information content (AvgIpc) is 2.64. The van der Waals surface area contributed by atoms with Crippen molar-refractivity contribution >= 4 is 29.1 Å². The van der Waals surface area contributed by atoms with Crippen molar-refractivity contribution in [3.05, 3.63) is 28.2 Å². The van der Waals surface area contributed by atoms with Gasteiger partial charge in [0.15, 0.2) is 6.61 Å². The number of benzene rings is 1. The van der Waals surface area contributed by atoms with Crippen LogP contribution in [0.15, 0.2) is 18.2 Å². The highest BCUT2D eigenvalue weighted by Gasteiger charge is 2.15. The lowest BCUT2D eigenvalue weighted by Crippen LogP contribution is -2.37. The van der Waals surface area contributed by atoms with Gasteiger partial charge in [-0.05, 0) is 31.0 Å². The van der Waals surface area contributed by atoms with Gasteiger partial charge in [-0.1, -0.05) is 48.9 Å². The van der Waals surface area contributed by atoms with Gasteiger partial charge in [0.1, 0.15) is 5.75 Å². The van der Waals surface area contributed by atoms with E-state index in [1.54, 1.807) is 18.2 Å². The van der Waals surface area contributed by atoms with Gasteiger partial charge in [0.25, 0.3) is 5.91 Å². The first-order valence-corrected chi connectivity index (χ1v) is 7.77. The monoisotopic (exact) mass is 315 g/mol. The second kappa shape index (κ2) is 7.75. The van der Waals surface area contributed by atoms with E-state index in [1.165, 1.54) is 25.7 Å². The summed E-state index contributed by atoms with van der Waals surface area (Å²) in [4.78, 5) is 11.9. The van der Waals surface area contributed by atoms with E-state index in [2.05, 4.69) is 5.32 Å². The minimum atomic E-state index is -0.0898. The summed E-state index contributed by atoms with van der Waals surface area (Å²) in [5, 5.41) is 4.02. The molecule has 0 spiro atoms. The summed E-state index contributed by atoms with van der Waals surface area (Å²) in [6.45, 7) is -0.00677. The molecule has 0 aromatic heterocycles. The maximum Gasteiger partial charge on any atom is 0.258 e. The number of carbonyl (C=O) groups is 1. The fraction of sp³-hybridized carbons (Fsp3) is 0.533. The summed E-state index contributed by atoms with van der Waals surface area (Å²) in [5.41, 5.74) is 0. The number of halogens is 2. The molecule has 1 amide bonds. The minimum Gasteiger partial charge on any atom is -0.484 e. The maximum atomic E-state index is 11.9. The van der Waals surface area contributed by atoms with E-state index in [9.17, 15) is 4.79 Å². The van der Waals surface area contributed by atoms with E-state index < -0.39 is 0 Å². The molecule has 1 fully saturated rings. The van der Waals surface area contributed by atoms with Gasteiger partial charge in [0, 0.05) is 16.1 Å². The van der Waals surface area contributed by atoms with Gasteiger partial charge < -0.3 is 10.1 Å². The third kappa shape index (κ3) is 5.22. The molecular weight excluding hydrogens is 297 g/mol. The van der Waals surface area contributed by atoms with Crippen LogP contribution in [-0.4, -0.2) is 18.6 Å². The summed E-state index contributed by atoms with van der Waals surface area (Å²) >= 11 is 11.7. The highest BCUT2D eigenvalue weighted by molar-refractivity contribution is 6.34. The van der Waals surface area contributed by atoms with Crippen LogP contribution in [0.25, 0.3) is 0 Å². The third-order valence-electron chi connectivity index (χ3n) is 3.43. The van der Waals surface area contributed by atoms with Gasteiger partial charge in [0.05, 0.1) is 0 Å². The van der Waals surface area contributed by atoms with Crippen LogP contribution in [0.3, 0.4) is 0 Å². The molecule has 0 aliphatic heterocycles. The summed E-state index contributed by atoms with van der Waals surface area (Å²) in [5.74, 6) is 0.423. The zero-order valence-corrected chi connectivity index (χ0v) is 12.8. The summed E-state index contributed by atoms with van der Waals surface area (Å²) in [6, 6.07) is 5.21. The Labute approximate surface area is 129 Å². The SMILES string of the molecule is O=C(COc1cc(Cl)cc(Cl)c1)NC1CCCCCC1. The minimum absolute atomic E-state index is 0.00677. The van der Waals surface area contributed by atoms with Gasteiger partial charge in [-0.2, -0.15) is 0 Å². The van der Waals surface area contributed by atoms with Gasteiger partial charge in [-0.15, -0.1) is 0 Å². The first-order chi connectivity index (χ1) is 9.63. The van der Waals surface area contributed by atoms with Crippen LogP contribution in [0.2, 0.25) is 10.0 Å². The Morgan fingerprint density at radius 3 is 2.30 bits per heavy atom. The zero-order chi connectivity index (χ0) is 14.4. The molecule has 0 atom stereocenters. The van der Waals surface area contributed by atoms with Crippen molar-refractivity contribution in [2.75, 3.05) is 6.61 Å². The molecule has 0 radical (unpaired) electrons. The lowest BCUT2D eigenvalue weighted by atomic mass is 10.1. The van der Waals surface area contributed by atoms with Gasteiger partial charge >= 0.3 is 0 Å². The molecule has 1 aliphatic rings. The molecular formula is C15H19Cl2NO2. The van der Waals surface area contributed by atoms with E-state index in [0.717, 1.165) is 12.8 Å². The Balaban J connectivity index is 1.79. The van der Waals surface area contributed by atoms with Crippen molar-refractivity contribution in [3.8, 4) is 5.75 Å². The molecule has 0 heterocycles. The Hall–Kier alpha value is -0.930. The van der Waals surface area contributed by atoms with Crippen molar-refractivity contribution in [3.63, 3.8) is 0 Å². The lowest BCUT2D eigenvalue weighted by molar-refractivity contribution is -0.123. The predicted octanol–water partition coefficient (Wildman–Crippen LogP) is 4.21. The first kappa shape index (κ1) is 15.5. The van der Waals surface area contributed by atoms with E-state index in [4.69, 9.17) is 27.9 Å². The van der Waals surface area contributed by atoms with Crippen LogP contribution >= 0.6 is 23.2 Å². The summed E-state index contributed by atoms with van der Waals surface area (Å²) in [6.07, 6.45) is 7.04. The van der Waals surface area contributed by atoms with Crippen LogP contribution in [0.1, 0.15) is 38.5 Å². The average molecular weight is 316 g/mol. The topological polar surface area (TPSA) is 38.3 Å². The summed E-state index contributed by atoms with van der Waals surface area (Å²) < 4.78 is 5.42. The lowest BCUT2D eigenvalue weighted by Gasteiger charge is -2.16.